The van der Waals surface area contributed by atoms with Gasteiger partial charge in [0, 0.05) is 17.7 Å². The van der Waals surface area contributed by atoms with E-state index in [0.717, 1.165) is 6.07 Å². The molecule has 0 saturated carbocycles. The van der Waals surface area contributed by atoms with Gasteiger partial charge < -0.3 is 15.2 Å². The number of rotatable bonds is 2. The topological polar surface area (TPSA) is 88.6 Å². The molecule has 3 aliphatic rings. The molecular weight excluding hydrogens is 435 g/mol. The number of fused-ring (bicyclic) bond motifs is 1. The van der Waals surface area contributed by atoms with Gasteiger partial charge in [0.15, 0.2) is 17.3 Å². The van der Waals surface area contributed by atoms with E-state index >= 15 is 0 Å². The lowest BCUT2D eigenvalue weighted by molar-refractivity contribution is -0.137. The molecule has 0 saturated heterocycles. The molecule has 0 bridgehead atoms. The SMILES string of the molecule is N#CC1=C(N)N(c2ccccc2C(F)(F)F)C2=C(C(=O)CCC2)C1c1ccc2c(c1)OCO2. The number of Topliss-reactive ketones (excluding diaryl/α,β-unsaturated/α-hetero) is 1. The largest absolute Gasteiger partial charge is 0.454 e. The molecule has 2 aliphatic heterocycles. The van der Waals surface area contributed by atoms with E-state index in [-0.39, 0.29) is 36.1 Å². The van der Waals surface area contributed by atoms with Crippen molar-refractivity contribution in [2.24, 2.45) is 5.73 Å². The van der Waals surface area contributed by atoms with Crippen LogP contribution in [-0.4, -0.2) is 12.6 Å². The third-order valence-corrected chi connectivity index (χ3v) is 6.09. The van der Waals surface area contributed by atoms with Crippen LogP contribution in [0.15, 0.2) is 65.1 Å². The first-order chi connectivity index (χ1) is 15.8. The summed E-state index contributed by atoms with van der Waals surface area (Å²) in [6.45, 7) is 0.0570. The molecule has 0 amide bonds. The van der Waals surface area contributed by atoms with E-state index in [9.17, 15) is 23.2 Å². The maximum atomic E-state index is 13.8. The fourth-order valence-corrected chi connectivity index (χ4v) is 4.70. The van der Waals surface area contributed by atoms with E-state index in [1.165, 1.54) is 23.1 Å². The number of alkyl halides is 3. The van der Waals surface area contributed by atoms with Crippen LogP contribution in [0.5, 0.6) is 11.5 Å². The smallest absolute Gasteiger partial charge is 0.418 e. The molecule has 0 spiro atoms. The van der Waals surface area contributed by atoms with Gasteiger partial charge in [0.25, 0.3) is 0 Å². The summed E-state index contributed by atoms with van der Waals surface area (Å²) >= 11 is 0. The van der Waals surface area contributed by atoms with Crippen molar-refractivity contribution in [1.29, 1.82) is 5.26 Å². The van der Waals surface area contributed by atoms with Crippen molar-refractivity contribution in [3.8, 4) is 17.6 Å². The lowest BCUT2D eigenvalue weighted by atomic mass is 9.75. The predicted octanol–water partition coefficient (Wildman–Crippen LogP) is 4.74. The third-order valence-electron chi connectivity index (χ3n) is 6.09. The number of carbonyl (C=O) groups is 1. The minimum Gasteiger partial charge on any atom is -0.454 e. The van der Waals surface area contributed by atoms with Gasteiger partial charge in [0.2, 0.25) is 6.79 Å². The Bertz CT molecular complexity index is 1270. The highest BCUT2D eigenvalue weighted by Crippen LogP contribution is 2.49. The number of nitrogens with zero attached hydrogens (tertiary/aromatic N) is 2. The molecular formula is C24H18F3N3O3. The zero-order chi connectivity index (χ0) is 23.3. The highest BCUT2D eigenvalue weighted by Gasteiger charge is 2.43. The number of hydrogen-bond donors (Lipinski definition) is 1. The van der Waals surface area contributed by atoms with Gasteiger partial charge in [-0.25, -0.2) is 0 Å². The molecule has 0 radical (unpaired) electrons. The minimum atomic E-state index is -4.64. The third kappa shape index (κ3) is 3.30. The van der Waals surface area contributed by atoms with Gasteiger partial charge in [-0.2, -0.15) is 18.4 Å². The Morgan fingerprint density at radius 1 is 1.09 bits per heavy atom. The van der Waals surface area contributed by atoms with Crippen LogP contribution < -0.4 is 20.1 Å². The van der Waals surface area contributed by atoms with Crippen molar-refractivity contribution in [2.45, 2.75) is 31.4 Å². The van der Waals surface area contributed by atoms with Crippen molar-refractivity contribution in [2.75, 3.05) is 11.7 Å². The van der Waals surface area contributed by atoms with Crippen molar-refractivity contribution in [1.82, 2.24) is 0 Å². The zero-order valence-electron chi connectivity index (χ0n) is 17.3. The Balaban J connectivity index is 1.75. The summed E-state index contributed by atoms with van der Waals surface area (Å²) in [7, 11) is 0. The maximum absolute atomic E-state index is 13.8. The zero-order valence-corrected chi connectivity index (χ0v) is 17.3. The van der Waals surface area contributed by atoms with Crippen LogP contribution in [0, 0.1) is 11.3 Å². The molecule has 0 aromatic heterocycles. The number of ketones is 1. The Hall–Kier alpha value is -3.93. The summed E-state index contributed by atoms with van der Waals surface area (Å²) in [5.74, 6) is -0.130. The molecule has 9 heteroatoms. The Morgan fingerprint density at radius 2 is 1.85 bits per heavy atom. The monoisotopic (exact) mass is 453 g/mol. The molecule has 2 aromatic rings. The van der Waals surface area contributed by atoms with Crippen molar-refractivity contribution < 1.29 is 27.4 Å². The summed E-state index contributed by atoms with van der Waals surface area (Å²) in [5, 5.41) is 10.0. The number of hydrogen-bond acceptors (Lipinski definition) is 6. The van der Waals surface area contributed by atoms with Gasteiger partial charge in [0.1, 0.15) is 5.82 Å². The Morgan fingerprint density at radius 3 is 2.61 bits per heavy atom. The quantitative estimate of drug-likeness (QED) is 0.707. The summed E-state index contributed by atoms with van der Waals surface area (Å²) < 4.78 is 52.3. The predicted molar refractivity (Wildman–Crippen MR) is 112 cm³/mol. The molecule has 1 unspecified atom stereocenters. The Labute approximate surface area is 187 Å². The standard InChI is InChI=1S/C24H18F3N3O3/c25-24(26,27)15-4-1-2-5-16(15)30-17-6-3-7-18(31)22(17)21(14(11-28)23(30)29)13-8-9-19-20(10-13)33-12-32-19/h1-2,4-5,8-10,21H,3,6-7,12,29H2. The average Bonchev–Trinajstić information content (AvgIpc) is 3.26. The second kappa shape index (κ2) is 7.59. The van der Waals surface area contributed by atoms with E-state index < -0.39 is 17.7 Å². The summed E-state index contributed by atoms with van der Waals surface area (Å²) in [6, 6.07) is 12.2. The number of ether oxygens (including phenoxy) is 2. The van der Waals surface area contributed by atoms with E-state index in [1.54, 1.807) is 18.2 Å². The Kier molecular flexibility index (Phi) is 4.81. The number of nitriles is 1. The second-order valence-electron chi connectivity index (χ2n) is 7.94. The van der Waals surface area contributed by atoms with E-state index in [4.69, 9.17) is 15.2 Å². The lowest BCUT2D eigenvalue weighted by Crippen LogP contribution is -2.39. The number of halogens is 3. The molecule has 0 fully saturated rings. The number of allylic oxidation sites excluding steroid dienone is 3. The maximum Gasteiger partial charge on any atom is 0.418 e. The van der Waals surface area contributed by atoms with Crippen LogP contribution in [0.3, 0.4) is 0 Å². The summed E-state index contributed by atoms with van der Waals surface area (Å²) in [5.41, 5.74) is 6.57. The molecule has 1 atom stereocenters. The molecule has 168 valence electrons. The molecule has 5 rings (SSSR count). The summed E-state index contributed by atoms with van der Waals surface area (Å²) in [6.07, 6.45) is -3.57. The molecule has 33 heavy (non-hydrogen) atoms. The minimum absolute atomic E-state index is 0.0137. The molecule has 1 aliphatic carbocycles. The number of anilines is 1. The number of carbonyl (C=O) groups excluding carboxylic acids is 1. The van der Waals surface area contributed by atoms with Crippen LogP contribution in [0.2, 0.25) is 0 Å². The van der Waals surface area contributed by atoms with Crippen molar-refractivity contribution in [3.05, 3.63) is 76.3 Å². The van der Waals surface area contributed by atoms with Crippen molar-refractivity contribution in [3.63, 3.8) is 0 Å². The van der Waals surface area contributed by atoms with Gasteiger partial charge in [-0.3, -0.25) is 9.69 Å². The molecule has 2 heterocycles. The van der Waals surface area contributed by atoms with Gasteiger partial charge in [-0.1, -0.05) is 18.2 Å². The van der Waals surface area contributed by atoms with Crippen LogP contribution in [-0.2, 0) is 11.0 Å². The highest BCUT2D eigenvalue weighted by molar-refractivity contribution is 6.01. The van der Waals surface area contributed by atoms with E-state index in [2.05, 4.69) is 6.07 Å². The van der Waals surface area contributed by atoms with Crippen LogP contribution in [0.4, 0.5) is 18.9 Å². The van der Waals surface area contributed by atoms with Gasteiger partial charge >= 0.3 is 6.18 Å². The van der Waals surface area contributed by atoms with Crippen LogP contribution in [0.25, 0.3) is 0 Å². The summed E-state index contributed by atoms with van der Waals surface area (Å²) in [4.78, 5) is 14.4. The highest BCUT2D eigenvalue weighted by atomic mass is 19.4. The van der Waals surface area contributed by atoms with Gasteiger partial charge in [-0.15, -0.1) is 0 Å². The number of benzene rings is 2. The second-order valence-corrected chi connectivity index (χ2v) is 7.94. The normalized spacial score (nSPS) is 20.1. The first kappa shape index (κ1) is 20.9. The van der Waals surface area contributed by atoms with Crippen LogP contribution >= 0.6 is 0 Å². The van der Waals surface area contributed by atoms with E-state index in [1.807, 2.05) is 0 Å². The first-order valence-corrected chi connectivity index (χ1v) is 10.3. The molecule has 2 aromatic carbocycles. The molecule has 2 N–H and O–H groups in total. The average molecular weight is 453 g/mol. The first-order valence-electron chi connectivity index (χ1n) is 10.3. The number of nitrogens with two attached hydrogens (primary N) is 1. The van der Waals surface area contributed by atoms with Gasteiger partial charge in [-0.05, 0) is 42.7 Å². The van der Waals surface area contributed by atoms with E-state index in [0.29, 0.717) is 41.2 Å². The fraction of sp³-hybridized carbons (Fsp3) is 0.250. The lowest BCUT2D eigenvalue weighted by Gasteiger charge is -2.40. The number of para-hydroxylation sites is 1. The molecule has 6 nitrogen and oxygen atoms in total. The van der Waals surface area contributed by atoms with Gasteiger partial charge in [0.05, 0.1) is 28.8 Å². The van der Waals surface area contributed by atoms with Crippen molar-refractivity contribution >= 4 is 11.5 Å². The van der Waals surface area contributed by atoms with Crippen LogP contribution in [0.1, 0.15) is 36.3 Å². The fourth-order valence-electron chi connectivity index (χ4n) is 4.70.